The summed E-state index contributed by atoms with van der Waals surface area (Å²) in [5.41, 5.74) is -0.982. The van der Waals surface area contributed by atoms with Gasteiger partial charge in [-0.05, 0) is 54.5 Å². The Labute approximate surface area is 232 Å². The lowest BCUT2D eigenvalue weighted by Crippen LogP contribution is -2.44. The van der Waals surface area contributed by atoms with Crippen molar-refractivity contribution in [3.8, 4) is 6.07 Å². The molecule has 1 heterocycles. The summed E-state index contributed by atoms with van der Waals surface area (Å²) in [5, 5.41) is 33.9. The number of nitrogens with zero attached hydrogens (tertiary/aromatic N) is 1. The highest BCUT2D eigenvalue weighted by atomic mass is 35.5. The zero-order valence-corrected chi connectivity index (χ0v) is 23.3. The van der Waals surface area contributed by atoms with E-state index in [9.17, 15) is 15.2 Å². The number of benzene rings is 2. The van der Waals surface area contributed by atoms with Gasteiger partial charge in [-0.25, -0.2) is 4.39 Å². The summed E-state index contributed by atoms with van der Waals surface area (Å²) >= 11 is 18.6. The number of carbonyl (C=O) groups is 1. The molecule has 0 aromatic heterocycles. The summed E-state index contributed by atoms with van der Waals surface area (Å²) in [6.07, 6.45) is 0.288. The molecular formula is C28H32Cl3FN2O3. The van der Waals surface area contributed by atoms with Gasteiger partial charge in [0.25, 0.3) is 0 Å². The van der Waals surface area contributed by atoms with E-state index in [1.54, 1.807) is 24.3 Å². The summed E-state index contributed by atoms with van der Waals surface area (Å²) in [7, 11) is 0. The van der Waals surface area contributed by atoms with Crippen LogP contribution in [0.4, 0.5) is 4.39 Å². The van der Waals surface area contributed by atoms with E-state index in [0.717, 1.165) is 0 Å². The molecule has 0 spiro atoms. The van der Waals surface area contributed by atoms with Crippen molar-refractivity contribution < 1.29 is 19.4 Å². The number of nitrogens with one attached hydrogen (secondary N) is 1. The minimum absolute atomic E-state index is 0.111. The van der Waals surface area contributed by atoms with E-state index in [2.05, 4.69) is 11.4 Å². The molecule has 0 saturated carbocycles. The zero-order chi connectivity index (χ0) is 27.5. The first-order chi connectivity index (χ1) is 17.3. The molecule has 0 amide bonds. The lowest BCUT2D eigenvalue weighted by molar-refractivity contribution is -0.121. The second-order valence-electron chi connectivity index (χ2n) is 10.9. The number of Topliss-reactive ketones (excluding diaryl/α,β-unsaturated/α-hetero) is 1. The average molecular weight is 570 g/mol. The third-order valence-corrected chi connectivity index (χ3v) is 7.93. The standard InChI is InChI=1S/C28H32Cl3FN2O3/c1-27(2,3)13-24-28(15-33,19-9-8-17(29)12-22(19)32)25(16-7-10-20(30)21(31)11-16)26(34-24)23(37)6-4-5-18(36)14-35/h7-12,18,24-26,34-36H,4-6,13-14H2,1-3H3/t18-,24-,25-,26-,28-/m0/s1. The summed E-state index contributed by atoms with van der Waals surface area (Å²) in [6.45, 7) is 5.68. The van der Waals surface area contributed by atoms with Gasteiger partial charge >= 0.3 is 0 Å². The van der Waals surface area contributed by atoms with Crippen LogP contribution in [-0.2, 0) is 10.2 Å². The maximum Gasteiger partial charge on any atom is 0.150 e. The quantitative estimate of drug-likeness (QED) is 0.334. The first kappa shape index (κ1) is 29.8. The molecule has 1 aliphatic rings. The van der Waals surface area contributed by atoms with E-state index in [0.29, 0.717) is 23.4 Å². The molecule has 0 unspecified atom stereocenters. The molecule has 5 atom stereocenters. The van der Waals surface area contributed by atoms with Gasteiger partial charge in [0.2, 0.25) is 0 Å². The van der Waals surface area contributed by atoms with Crippen molar-refractivity contribution in [3.63, 3.8) is 0 Å². The summed E-state index contributed by atoms with van der Waals surface area (Å²) in [5.74, 6) is -1.59. The van der Waals surface area contributed by atoms with Crippen LogP contribution in [0, 0.1) is 22.6 Å². The lowest BCUT2D eigenvalue weighted by atomic mass is 9.62. The Kier molecular flexibility index (Phi) is 9.66. The molecule has 1 aliphatic heterocycles. The molecule has 1 fully saturated rings. The maximum atomic E-state index is 15.6. The minimum atomic E-state index is -1.47. The van der Waals surface area contributed by atoms with Gasteiger partial charge in [-0.15, -0.1) is 0 Å². The van der Waals surface area contributed by atoms with Crippen LogP contribution in [0.25, 0.3) is 0 Å². The first-order valence-corrected chi connectivity index (χ1v) is 13.4. The van der Waals surface area contributed by atoms with Crippen molar-refractivity contribution >= 4 is 40.6 Å². The predicted molar refractivity (Wildman–Crippen MR) is 145 cm³/mol. The Morgan fingerprint density at radius 1 is 1.19 bits per heavy atom. The van der Waals surface area contributed by atoms with Crippen LogP contribution in [-0.4, -0.2) is 40.8 Å². The second-order valence-corrected chi connectivity index (χ2v) is 12.2. The van der Waals surface area contributed by atoms with Crippen LogP contribution < -0.4 is 5.32 Å². The molecule has 37 heavy (non-hydrogen) atoms. The fraction of sp³-hybridized carbons (Fsp3) is 0.500. The molecule has 3 rings (SSSR count). The Bertz CT molecular complexity index is 1180. The topological polar surface area (TPSA) is 93.3 Å². The maximum absolute atomic E-state index is 15.6. The highest BCUT2D eigenvalue weighted by Crippen LogP contribution is 2.52. The van der Waals surface area contributed by atoms with Crippen LogP contribution in [0.1, 0.15) is 63.5 Å². The number of hydrogen-bond donors (Lipinski definition) is 3. The van der Waals surface area contributed by atoms with Gasteiger partial charge in [-0.1, -0.05) is 67.7 Å². The highest BCUT2D eigenvalue weighted by Gasteiger charge is 2.60. The normalized spacial score (nSPS) is 24.6. The molecule has 9 heteroatoms. The summed E-state index contributed by atoms with van der Waals surface area (Å²) < 4.78 is 15.6. The van der Waals surface area contributed by atoms with Gasteiger partial charge in [-0.2, -0.15) is 5.26 Å². The van der Waals surface area contributed by atoms with Crippen LogP contribution in [0.5, 0.6) is 0 Å². The van der Waals surface area contributed by atoms with Gasteiger partial charge in [0.15, 0.2) is 0 Å². The predicted octanol–water partition coefficient (Wildman–Crippen LogP) is 6.20. The highest BCUT2D eigenvalue weighted by molar-refractivity contribution is 6.42. The largest absolute Gasteiger partial charge is 0.394 e. The average Bonchev–Trinajstić information content (AvgIpc) is 3.13. The van der Waals surface area contributed by atoms with Crippen LogP contribution in [0.2, 0.25) is 15.1 Å². The van der Waals surface area contributed by atoms with Crippen LogP contribution in [0.15, 0.2) is 36.4 Å². The second kappa shape index (κ2) is 12.0. The third kappa shape index (κ3) is 6.47. The van der Waals surface area contributed by atoms with Crippen molar-refractivity contribution in [1.82, 2.24) is 5.32 Å². The molecule has 2 aromatic carbocycles. The lowest BCUT2D eigenvalue weighted by Gasteiger charge is -2.37. The van der Waals surface area contributed by atoms with E-state index in [1.165, 1.54) is 12.1 Å². The van der Waals surface area contributed by atoms with Crippen molar-refractivity contribution in [2.45, 2.75) is 76.0 Å². The number of ketones is 1. The van der Waals surface area contributed by atoms with Gasteiger partial charge in [-0.3, -0.25) is 4.79 Å². The van der Waals surface area contributed by atoms with Gasteiger partial charge in [0.05, 0.1) is 34.9 Å². The zero-order valence-electron chi connectivity index (χ0n) is 21.1. The molecule has 0 aliphatic carbocycles. The van der Waals surface area contributed by atoms with Crippen molar-refractivity contribution in [3.05, 3.63) is 68.4 Å². The number of carbonyl (C=O) groups excluding carboxylic acids is 1. The molecule has 0 bridgehead atoms. The third-order valence-electron chi connectivity index (χ3n) is 6.95. The van der Waals surface area contributed by atoms with Crippen LogP contribution in [0.3, 0.4) is 0 Å². The monoisotopic (exact) mass is 568 g/mol. The van der Waals surface area contributed by atoms with E-state index < -0.39 is 35.3 Å². The Morgan fingerprint density at radius 3 is 2.46 bits per heavy atom. The Morgan fingerprint density at radius 2 is 1.89 bits per heavy atom. The first-order valence-electron chi connectivity index (χ1n) is 12.2. The van der Waals surface area contributed by atoms with Crippen molar-refractivity contribution in [2.24, 2.45) is 5.41 Å². The summed E-state index contributed by atoms with van der Waals surface area (Å²) in [6, 6.07) is 10.2. The van der Waals surface area contributed by atoms with E-state index in [4.69, 9.17) is 39.9 Å². The number of rotatable bonds is 9. The molecule has 1 saturated heterocycles. The fourth-order valence-electron chi connectivity index (χ4n) is 5.34. The smallest absolute Gasteiger partial charge is 0.150 e. The van der Waals surface area contributed by atoms with Crippen molar-refractivity contribution in [1.29, 1.82) is 5.26 Å². The van der Waals surface area contributed by atoms with E-state index in [-0.39, 0.29) is 46.3 Å². The molecule has 5 nitrogen and oxygen atoms in total. The summed E-state index contributed by atoms with van der Waals surface area (Å²) in [4.78, 5) is 13.6. The number of aliphatic hydroxyl groups excluding tert-OH is 2. The van der Waals surface area contributed by atoms with Gasteiger partial charge in [0, 0.05) is 29.0 Å². The van der Waals surface area contributed by atoms with Crippen molar-refractivity contribution in [2.75, 3.05) is 6.61 Å². The molecule has 200 valence electrons. The van der Waals surface area contributed by atoms with Gasteiger partial charge in [0.1, 0.15) is 17.0 Å². The molecule has 3 N–H and O–H groups in total. The van der Waals surface area contributed by atoms with Gasteiger partial charge < -0.3 is 15.5 Å². The Balaban J connectivity index is 2.21. The molecule has 2 aromatic rings. The number of hydrogen-bond acceptors (Lipinski definition) is 5. The Hall–Kier alpha value is -1.72. The van der Waals surface area contributed by atoms with Crippen LogP contribution >= 0.6 is 34.8 Å². The number of halogens is 4. The molecular weight excluding hydrogens is 538 g/mol. The molecule has 0 radical (unpaired) electrons. The SMILES string of the molecule is CC(C)(C)C[C@@H]1N[C@@H](C(=O)CCC[C@H](O)CO)[C@H](c2ccc(Cl)c(Cl)c2)[C@@]1(C#N)c1ccc(Cl)cc1F. The minimum Gasteiger partial charge on any atom is -0.394 e. The van der Waals surface area contributed by atoms with E-state index >= 15 is 4.39 Å². The van der Waals surface area contributed by atoms with E-state index in [1.807, 2.05) is 20.8 Å². The number of nitriles is 1. The fourth-order valence-corrected chi connectivity index (χ4v) is 5.81. The number of aliphatic hydroxyl groups is 2.